The number of benzene rings is 1. The van der Waals surface area contributed by atoms with Gasteiger partial charge in [-0.05, 0) is 48.4 Å². The number of hydrogen-bond acceptors (Lipinski definition) is 2. The molecule has 0 atom stereocenters. The van der Waals surface area contributed by atoms with Gasteiger partial charge in [-0.3, -0.25) is 4.90 Å². The van der Waals surface area contributed by atoms with E-state index in [9.17, 15) is 5.11 Å². The SMILES string of the molecule is Oc1cccc(C2=CCCN(CC3CC3)C2)c1. The quantitative estimate of drug-likeness (QED) is 0.861. The summed E-state index contributed by atoms with van der Waals surface area (Å²) in [6.45, 7) is 3.49. The molecule has 1 heterocycles. The zero-order chi connectivity index (χ0) is 11.7. The molecule has 90 valence electrons. The molecule has 0 radical (unpaired) electrons. The van der Waals surface area contributed by atoms with Gasteiger partial charge in [-0.1, -0.05) is 18.2 Å². The number of phenolic OH excluding ortho intramolecular Hbond substituents is 1. The Hall–Kier alpha value is -1.28. The van der Waals surface area contributed by atoms with Gasteiger partial charge >= 0.3 is 0 Å². The maximum Gasteiger partial charge on any atom is 0.116 e. The molecule has 1 N–H and O–H groups in total. The molecular weight excluding hydrogens is 210 g/mol. The van der Waals surface area contributed by atoms with Gasteiger partial charge in [0, 0.05) is 19.6 Å². The highest BCUT2D eigenvalue weighted by Crippen LogP contribution is 2.31. The lowest BCUT2D eigenvalue weighted by Crippen LogP contribution is -2.31. The molecule has 0 bridgehead atoms. The molecule has 17 heavy (non-hydrogen) atoms. The highest BCUT2D eigenvalue weighted by molar-refractivity contribution is 5.68. The van der Waals surface area contributed by atoms with Crippen LogP contribution in [0.2, 0.25) is 0 Å². The number of phenols is 1. The second kappa shape index (κ2) is 4.53. The number of nitrogens with zero attached hydrogens (tertiary/aromatic N) is 1. The molecule has 1 aromatic rings. The minimum absolute atomic E-state index is 0.364. The zero-order valence-corrected chi connectivity index (χ0v) is 10.1. The largest absolute Gasteiger partial charge is 0.508 e. The second-order valence-corrected chi connectivity index (χ2v) is 5.25. The van der Waals surface area contributed by atoms with Crippen LogP contribution in [-0.4, -0.2) is 29.6 Å². The molecule has 1 aromatic carbocycles. The van der Waals surface area contributed by atoms with Crippen LogP contribution >= 0.6 is 0 Å². The minimum Gasteiger partial charge on any atom is -0.508 e. The lowest BCUT2D eigenvalue weighted by Gasteiger charge is -2.27. The van der Waals surface area contributed by atoms with Crippen LogP contribution in [0.15, 0.2) is 30.3 Å². The van der Waals surface area contributed by atoms with Crippen LogP contribution in [0.5, 0.6) is 5.75 Å². The summed E-state index contributed by atoms with van der Waals surface area (Å²) in [4.78, 5) is 2.55. The van der Waals surface area contributed by atoms with E-state index < -0.39 is 0 Å². The van der Waals surface area contributed by atoms with Gasteiger partial charge in [-0.2, -0.15) is 0 Å². The van der Waals surface area contributed by atoms with Gasteiger partial charge < -0.3 is 5.11 Å². The first-order chi connectivity index (χ1) is 8.31. The van der Waals surface area contributed by atoms with Crippen molar-refractivity contribution in [2.75, 3.05) is 19.6 Å². The van der Waals surface area contributed by atoms with Gasteiger partial charge in [0.05, 0.1) is 0 Å². The fraction of sp³-hybridized carbons (Fsp3) is 0.467. The van der Waals surface area contributed by atoms with Gasteiger partial charge in [0.25, 0.3) is 0 Å². The Morgan fingerprint density at radius 3 is 2.94 bits per heavy atom. The average Bonchev–Trinajstić information content (AvgIpc) is 3.13. The Labute approximate surface area is 103 Å². The first-order valence-electron chi connectivity index (χ1n) is 6.52. The van der Waals surface area contributed by atoms with Crippen molar-refractivity contribution in [2.45, 2.75) is 19.3 Å². The van der Waals surface area contributed by atoms with Crippen LogP contribution in [0.25, 0.3) is 5.57 Å². The standard InChI is InChI=1S/C15H19NO/c17-15-5-1-3-13(9-15)14-4-2-8-16(11-14)10-12-6-7-12/h1,3-5,9,12,17H,2,6-8,10-11H2. The van der Waals surface area contributed by atoms with E-state index in [0.29, 0.717) is 5.75 Å². The van der Waals surface area contributed by atoms with Gasteiger partial charge in [-0.25, -0.2) is 0 Å². The summed E-state index contributed by atoms with van der Waals surface area (Å²) in [5.41, 5.74) is 2.54. The van der Waals surface area contributed by atoms with Crippen molar-refractivity contribution in [1.29, 1.82) is 0 Å². The molecule has 1 fully saturated rings. The monoisotopic (exact) mass is 229 g/mol. The van der Waals surface area contributed by atoms with Gasteiger partial charge in [0.1, 0.15) is 5.75 Å². The summed E-state index contributed by atoms with van der Waals surface area (Å²) in [6, 6.07) is 7.61. The summed E-state index contributed by atoms with van der Waals surface area (Å²) in [6.07, 6.45) is 6.29. The van der Waals surface area contributed by atoms with E-state index in [0.717, 1.165) is 18.9 Å². The van der Waals surface area contributed by atoms with Gasteiger partial charge in [-0.15, -0.1) is 0 Å². The fourth-order valence-corrected chi connectivity index (χ4v) is 2.54. The summed E-state index contributed by atoms with van der Waals surface area (Å²) < 4.78 is 0. The maximum atomic E-state index is 9.52. The molecule has 2 nitrogen and oxygen atoms in total. The Kier molecular flexibility index (Phi) is 2.89. The molecule has 0 aromatic heterocycles. The summed E-state index contributed by atoms with van der Waals surface area (Å²) in [5, 5.41) is 9.52. The van der Waals surface area contributed by atoms with Gasteiger partial charge in [0.15, 0.2) is 0 Å². The van der Waals surface area contributed by atoms with Crippen LogP contribution in [0.4, 0.5) is 0 Å². The van der Waals surface area contributed by atoms with E-state index in [2.05, 4.69) is 17.0 Å². The van der Waals surface area contributed by atoms with Crippen molar-refractivity contribution in [3.63, 3.8) is 0 Å². The van der Waals surface area contributed by atoms with E-state index in [1.165, 1.54) is 37.1 Å². The van der Waals surface area contributed by atoms with Crippen LogP contribution in [0.3, 0.4) is 0 Å². The maximum absolute atomic E-state index is 9.52. The van der Waals surface area contributed by atoms with Crippen molar-refractivity contribution in [3.8, 4) is 5.75 Å². The smallest absolute Gasteiger partial charge is 0.116 e. The molecule has 1 aliphatic heterocycles. The van der Waals surface area contributed by atoms with E-state index in [4.69, 9.17) is 0 Å². The van der Waals surface area contributed by atoms with Crippen molar-refractivity contribution in [2.24, 2.45) is 5.92 Å². The number of rotatable bonds is 3. The fourth-order valence-electron chi connectivity index (χ4n) is 2.54. The Balaban J connectivity index is 1.71. The first kappa shape index (κ1) is 10.8. The molecule has 0 saturated heterocycles. The minimum atomic E-state index is 0.364. The van der Waals surface area contributed by atoms with E-state index >= 15 is 0 Å². The van der Waals surface area contributed by atoms with Gasteiger partial charge in [0.2, 0.25) is 0 Å². The van der Waals surface area contributed by atoms with Crippen LogP contribution < -0.4 is 0 Å². The van der Waals surface area contributed by atoms with Crippen LogP contribution in [0, 0.1) is 5.92 Å². The Morgan fingerprint density at radius 1 is 1.29 bits per heavy atom. The molecule has 3 rings (SSSR count). The molecule has 0 amide bonds. The molecule has 1 aliphatic carbocycles. The van der Waals surface area contributed by atoms with Crippen LogP contribution in [0.1, 0.15) is 24.8 Å². The van der Waals surface area contributed by atoms with Crippen LogP contribution in [-0.2, 0) is 0 Å². The molecule has 1 saturated carbocycles. The lowest BCUT2D eigenvalue weighted by molar-refractivity contribution is 0.292. The van der Waals surface area contributed by atoms with Crippen molar-refractivity contribution in [3.05, 3.63) is 35.9 Å². The topological polar surface area (TPSA) is 23.5 Å². The third kappa shape index (κ3) is 2.70. The number of hydrogen-bond donors (Lipinski definition) is 1. The van der Waals surface area contributed by atoms with E-state index in [1.54, 1.807) is 6.07 Å². The average molecular weight is 229 g/mol. The van der Waals surface area contributed by atoms with Crippen molar-refractivity contribution in [1.82, 2.24) is 4.90 Å². The summed E-state index contributed by atoms with van der Waals surface area (Å²) in [7, 11) is 0. The Morgan fingerprint density at radius 2 is 2.18 bits per heavy atom. The normalized spacial score (nSPS) is 21.3. The summed E-state index contributed by atoms with van der Waals surface area (Å²) in [5.74, 6) is 1.32. The molecular formula is C15H19NO. The number of aromatic hydroxyl groups is 1. The van der Waals surface area contributed by atoms with Crippen molar-refractivity contribution >= 4 is 5.57 Å². The predicted molar refractivity (Wildman–Crippen MR) is 69.9 cm³/mol. The second-order valence-electron chi connectivity index (χ2n) is 5.25. The lowest BCUT2D eigenvalue weighted by atomic mass is 10.0. The predicted octanol–water partition coefficient (Wildman–Crippen LogP) is 2.89. The third-order valence-electron chi connectivity index (χ3n) is 3.66. The van der Waals surface area contributed by atoms with E-state index in [1.807, 2.05) is 12.1 Å². The van der Waals surface area contributed by atoms with Crippen molar-refractivity contribution < 1.29 is 5.11 Å². The Bertz CT molecular complexity index is 434. The molecule has 2 aliphatic rings. The molecule has 0 spiro atoms. The first-order valence-corrected chi connectivity index (χ1v) is 6.52. The highest BCUT2D eigenvalue weighted by atomic mass is 16.3. The third-order valence-corrected chi connectivity index (χ3v) is 3.66. The zero-order valence-electron chi connectivity index (χ0n) is 10.1. The molecule has 2 heteroatoms. The summed E-state index contributed by atoms with van der Waals surface area (Å²) >= 11 is 0. The highest BCUT2D eigenvalue weighted by Gasteiger charge is 2.25. The molecule has 0 unspecified atom stereocenters. The van der Waals surface area contributed by atoms with E-state index in [-0.39, 0.29) is 0 Å².